The van der Waals surface area contributed by atoms with Crippen molar-refractivity contribution < 1.29 is 9.72 Å². The normalized spacial score (nSPS) is 14.7. The molecule has 2 aromatic rings. The molecule has 1 aromatic heterocycles. The van der Waals surface area contributed by atoms with Crippen LogP contribution in [0.2, 0.25) is 0 Å². The highest BCUT2D eigenvalue weighted by Crippen LogP contribution is 2.19. The number of nitro benzene ring substituents is 1. The Hall–Kier alpha value is -2.45. The van der Waals surface area contributed by atoms with E-state index in [2.05, 4.69) is 10.4 Å². The summed E-state index contributed by atoms with van der Waals surface area (Å²) in [4.78, 5) is 24.9. The van der Waals surface area contributed by atoms with E-state index in [-0.39, 0.29) is 24.0 Å². The Balaban J connectivity index is 0.00000243. The summed E-state index contributed by atoms with van der Waals surface area (Å²) >= 11 is 0. The Morgan fingerprint density at radius 1 is 1.35 bits per heavy atom. The maximum atomic E-state index is 12.6. The SMILES string of the molecule is CNCC1CCN(C(=O)c2ccn(-c3cccc([N+](=O)[O-])c3)n2)CC1.Cl. The molecule has 3 rings (SSSR count). The monoisotopic (exact) mass is 379 g/mol. The summed E-state index contributed by atoms with van der Waals surface area (Å²) in [6, 6.07) is 7.83. The Labute approximate surface area is 157 Å². The fourth-order valence-electron chi connectivity index (χ4n) is 3.12. The first-order chi connectivity index (χ1) is 12.1. The number of nitrogens with zero attached hydrogens (tertiary/aromatic N) is 4. The van der Waals surface area contributed by atoms with E-state index < -0.39 is 4.92 Å². The number of halogens is 1. The predicted octanol–water partition coefficient (Wildman–Crippen LogP) is 2.27. The molecule has 1 aliphatic rings. The number of nitro groups is 1. The molecule has 2 heterocycles. The van der Waals surface area contributed by atoms with Gasteiger partial charge in [0.2, 0.25) is 0 Å². The van der Waals surface area contributed by atoms with E-state index in [9.17, 15) is 14.9 Å². The van der Waals surface area contributed by atoms with Gasteiger partial charge in [0.15, 0.2) is 5.69 Å². The average molecular weight is 380 g/mol. The number of carbonyl (C=O) groups excluding carboxylic acids is 1. The molecule has 1 aliphatic heterocycles. The second kappa shape index (κ2) is 8.77. The van der Waals surface area contributed by atoms with Crippen LogP contribution in [0.1, 0.15) is 23.3 Å². The Morgan fingerprint density at radius 3 is 2.73 bits per heavy atom. The molecule has 1 fully saturated rings. The number of aromatic nitrogens is 2. The maximum absolute atomic E-state index is 12.6. The topological polar surface area (TPSA) is 93.3 Å². The van der Waals surface area contributed by atoms with Crippen molar-refractivity contribution in [2.75, 3.05) is 26.7 Å². The van der Waals surface area contributed by atoms with E-state index >= 15 is 0 Å². The third kappa shape index (κ3) is 4.39. The lowest BCUT2D eigenvalue weighted by Gasteiger charge is -2.31. The van der Waals surface area contributed by atoms with Gasteiger partial charge >= 0.3 is 0 Å². The highest BCUT2D eigenvalue weighted by molar-refractivity contribution is 5.92. The summed E-state index contributed by atoms with van der Waals surface area (Å²) in [7, 11) is 1.94. The number of benzene rings is 1. The molecule has 1 aromatic carbocycles. The van der Waals surface area contributed by atoms with Gasteiger partial charge < -0.3 is 10.2 Å². The molecule has 8 nitrogen and oxygen atoms in total. The van der Waals surface area contributed by atoms with Crippen molar-refractivity contribution in [2.45, 2.75) is 12.8 Å². The van der Waals surface area contributed by atoms with Gasteiger partial charge in [-0.05, 0) is 44.5 Å². The van der Waals surface area contributed by atoms with Gasteiger partial charge in [0.05, 0.1) is 10.6 Å². The van der Waals surface area contributed by atoms with Crippen LogP contribution in [0, 0.1) is 16.0 Å². The molecule has 0 unspecified atom stereocenters. The van der Waals surface area contributed by atoms with Gasteiger partial charge in [0.1, 0.15) is 0 Å². The fraction of sp³-hybridized carbons (Fsp3) is 0.412. The van der Waals surface area contributed by atoms with Crippen molar-refractivity contribution in [3.8, 4) is 5.69 Å². The molecule has 1 amide bonds. The second-order valence-corrected chi connectivity index (χ2v) is 6.22. The van der Waals surface area contributed by atoms with E-state index in [0.29, 0.717) is 17.3 Å². The number of likely N-dealkylation sites (tertiary alicyclic amines) is 1. The van der Waals surface area contributed by atoms with Crippen LogP contribution in [0.15, 0.2) is 36.5 Å². The molecular formula is C17H22ClN5O3. The minimum Gasteiger partial charge on any atom is -0.337 e. The largest absolute Gasteiger partial charge is 0.337 e. The smallest absolute Gasteiger partial charge is 0.274 e. The first-order valence-electron chi connectivity index (χ1n) is 8.33. The molecule has 0 saturated carbocycles. The highest BCUT2D eigenvalue weighted by atomic mass is 35.5. The number of hydrogen-bond donors (Lipinski definition) is 1. The van der Waals surface area contributed by atoms with Crippen LogP contribution in [-0.4, -0.2) is 52.2 Å². The van der Waals surface area contributed by atoms with Crippen molar-refractivity contribution in [2.24, 2.45) is 5.92 Å². The number of hydrogen-bond acceptors (Lipinski definition) is 5. The molecule has 0 aliphatic carbocycles. The molecule has 1 saturated heterocycles. The van der Waals surface area contributed by atoms with Crippen molar-refractivity contribution in [1.82, 2.24) is 20.0 Å². The van der Waals surface area contributed by atoms with Crippen LogP contribution in [0.3, 0.4) is 0 Å². The molecule has 1 N–H and O–H groups in total. The third-order valence-electron chi connectivity index (χ3n) is 4.51. The van der Waals surface area contributed by atoms with Gasteiger partial charge in [-0.25, -0.2) is 4.68 Å². The fourth-order valence-corrected chi connectivity index (χ4v) is 3.12. The first-order valence-corrected chi connectivity index (χ1v) is 8.33. The van der Waals surface area contributed by atoms with E-state index in [1.807, 2.05) is 11.9 Å². The summed E-state index contributed by atoms with van der Waals surface area (Å²) in [6.07, 6.45) is 3.62. The molecule has 0 bridgehead atoms. The number of piperidine rings is 1. The predicted molar refractivity (Wildman–Crippen MR) is 100 cm³/mol. The van der Waals surface area contributed by atoms with E-state index in [4.69, 9.17) is 0 Å². The second-order valence-electron chi connectivity index (χ2n) is 6.22. The van der Waals surface area contributed by atoms with Crippen LogP contribution >= 0.6 is 12.4 Å². The van der Waals surface area contributed by atoms with Crippen LogP contribution in [-0.2, 0) is 0 Å². The van der Waals surface area contributed by atoms with Crippen LogP contribution < -0.4 is 5.32 Å². The number of amides is 1. The van der Waals surface area contributed by atoms with Gasteiger partial charge in [-0.3, -0.25) is 14.9 Å². The summed E-state index contributed by atoms with van der Waals surface area (Å²) < 4.78 is 1.49. The molecule has 0 atom stereocenters. The van der Waals surface area contributed by atoms with Crippen molar-refractivity contribution in [1.29, 1.82) is 0 Å². The van der Waals surface area contributed by atoms with Gasteiger partial charge in [0.25, 0.3) is 11.6 Å². The first kappa shape index (κ1) is 19.9. The van der Waals surface area contributed by atoms with Crippen LogP contribution in [0.5, 0.6) is 0 Å². The highest BCUT2D eigenvalue weighted by Gasteiger charge is 2.24. The number of nitrogens with one attached hydrogen (secondary N) is 1. The lowest BCUT2D eigenvalue weighted by atomic mass is 9.97. The van der Waals surface area contributed by atoms with Gasteiger partial charge in [-0.2, -0.15) is 5.10 Å². The van der Waals surface area contributed by atoms with E-state index in [1.165, 1.54) is 16.8 Å². The molecule has 140 valence electrons. The van der Waals surface area contributed by atoms with Gasteiger partial charge in [-0.15, -0.1) is 12.4 Å². The summed E-state index contributed by atoms with van der Waals surface area (Å²) in [5, 5.41) is 18.4. The Morgan fingerprint density at radius 2 is 2.08 bits per heavy atom. The standard InChI is InChI=1S/C17H21N5O3.ClH/c1-18-12-13-5-8-20(9-6-13)17(23)16-7-10-21(19-16)14-3-2-4-15(11-14)22(24)25;/h2-4,7,10-11,13,18H,5-6,8-9,12H2,1H3;1H. The minimum atomic E-state index is -0.450. The Bertz CT molecular complexity index is 771. The molecule has 0 spiro atoms. The number of rotatable bonds is 5. The lowest BCUT2D eigenvalue weighted by molar-refractivity contribution is -0.384. The van der Waals surface area contributed by atoms with Crippen molar-refractivity contribution in [3.05, 3.63) is 52.3 Å². The average Bonchev–Trinajstić information content (AvgIpc) is 3.12. The third-order valence-corrected chi connectivity index (χ3v) is 4.51. The lowest BCUT2D eigenvalue weighted by Crippen LogP contribution is -2.40. The molecule has 26 heavy (non-hydrogen) atoms. The van der Waals surface area contributed by atoms with Crippen LogP contribution in [0.25, 0.3) is 5.69 Å². The molecule has 0 radical (unpaired) electrons. The summed E-state index contributed by atoms with van der Waals surface area (Å²) in [5.41, 5.74) is 0.909. The van der Waals surface area contributed by atoms with Gasteiger partial charge in [-0.1, -0.05) is 6.07 Å². The maximum Gasteiger partial charge on any atom is 0.274 e. The van der Waals surface area contributed by atoms with Crippen molar-refractivity contribution >= 4 is 24.0 Å². The summed E-state index contributed by atoms with van der Waals surface area (Å²) in [5.74, 6) is 0.517. The zero-order valence-corrected chi connectivity index (χ0v) is 15.3. The van der Waals surface area contributed by atoms with Gasteiger partial charge in [0, 0.05) is 31.4 Å². The number of carbonyl (C=O) groups is 1. The van der Waals surface area contributed by atoms with E-state index in [0.717, 1.165) is 32.5 Å². The summed E-state index contributed by atoms with van der Waals surface area (Å²) in [6.45, 7) is 2.44. The Kier molecular flexibility index (Phi) is 6.70. The quantitative estimate of drug-likeness (QED) is 0.635. The van der Waals surface area contributed by atoms with Crippen molar-refractivity contribution in [3.63, 3.8) is 0 Å². The number of non-ortho nitro benzene ring substituents is 1. The van der Waals surface area contributed by atoms with Crippen LogP contribution in [0.4, 0.5) is 5.69 Å². The molecular weight excluding hydrogens is 358 g/mol. The van der Waals surface area contributed by atoms with E-state index in [1.54, 1.807) is 24.4 Å². The molecule has 9 heteroatoms. The zero-order chi connectivity index (χ0) is 17.8. The zero-order valence-electron chi connectivity index (χ0n) is 14.5. The minimum absolute atomic E-state index is 0.